The first-order valence-electron chi connectivity index (χ1n) is 17.0. The molecule has 250 valence electrons. The van der Waals surface area contributed by atoms with Gasteiger partial charge >= 0.3 is 0 Å². The summed E-state index contributed by atoms with van der Waals surface area (Å²) in [6.45, 7) is 14.0. The summed E-state index contributed by atoms with van der Waals surface area (Å²) in [5, 5.41) is 0.0390. The summed E-state index contributed by atoms with van der Waals surface area (Å²) in [6.07, 6.45) is -0.404. The van der Waals surface area contributed by atoms with Crippen molar-refractivity contribution in [2.45, 2.75) is 96.2 Å². The number of rotatable bonds is 15. The predicted octanol–water partition coefficient (Wildman–Crippen LogP) is 9.37. The lowest BCUT2D eigenvalue weighted by molar-refractivity contribution is -0.222. The molecular weight excluding hydrogens is 601 g/mol. The van der Waals surface area contributed by atoms with Crippen molar-refractivity contribution in [2.75, 3.05) is 6.61 Å². The van der Waals surface area contributed by atoms with Crippen molar-refractivity contribution in [2.24, 2.45) is 5.92 Å². The molecular formula is C41H52O5Si. The van der Waals surface area contributed by atoms with Crippen LogP contribution in [0.4, 0.5) is 0 Å². The van der Waals surface area contributed by atoms with E-state index in [2.05, 4.69) is 131 Å². The Morgan fingerprint density at radius 2 is 0.915 bits per heavy atom. The highest BCUT2D eigenvalue weighted by molar-refractivity contribution is 6.74. The first-order valence-corrected chi connectivity index (χ1v) is 19.9. The average molecular weight is 653 g/mol. The third-order valence-electron chi connectivity index (χ3n) is 9.57. The van der Waals surface area contributed by atoms with Gasteiger partial charge in [-0.25, -0.2) is 0 Å². The molecule has 0 saturated heterocycles. The van der Waals surface area contributed by atoms with E-state index in [4.69, 9.17) is 23.4 Å². The van der Waals surface area contributed by atoms with Crippen LogP contribution in [0.15, 0.2) is 121 Å². The number of ether oxygens (including phenoxy) is 4. The van der Waals surface area contributed by atoms with Crippen LogP contribution in [-0.4, -0.2) is 39.3 Å². The zero-order chi connectivity index (χ0) is 33.1. The maximum atomic E-state index is 7.26. The van der Waals surface area contributed by atoms with Gasteiger partial charge < -0.3 is 23.4 Å². The van der Waals surface area contributed by atoms with Gasteiger partial charge in [-0.1, -0.05) is 142 Å². The molecule has 0 aromatic heterocycles. The van der Waals surface area contributed by atoms with Crippen LogP contribution in [0, 0.1) is 5.92 Å². The third-order valence-corrected chi connectivity index (χ3v) is 14.1. The van der Waals surface area contributed by atoms with Crippen molar-refractivity contribution >= 4 is 8.32 Å². The normalized spacial score (nSPS) is 21.9. The van der Waals surface area contributed by atoms with Gasteiger partial charge in [0.15, 0.2) is 8.32 Å². The summed E-state index contributed by atoms with van der Waals surface area (Å²) < 4.78 is 34.4. The van der Waals surface area contributed by atoms with Crippen LogP contribution in [0.1, 0.15) is 49.4 Å². The van der Waals surface area contributed by atoms with Gasteiger partial charge in [0, 0.05) is 5.92 Å². The van der Waals surface area contributed by atoms with Crippen LogP contribution in [0.3, 0.4) is 0 Å². The monoisotopic (exact) mass is 652 g/mol. The second-order valence-electron chi connectivity index (χ2n) is 14.2. The lowest BCUT2D eigenvalue weighted by atomic mass is 9.80. The van der Waals surface area contributed by atoms with E-state index >= 15 is 0 Å². The molecule has 0 bridgehead atoms. The minimum atomic E-state index is -2.18. The van der Waals surface area contributed by atoms with E-state index in [-0.39, 0.29) is 35.4 Å². The summed E-state index contributed by atoms with van der Waals surface area (Å²) in [6, 6.07) is 41.4. The number of hydrogen-bond acceptors (Lipinski definition) is 5. The molecule has 1 aliphatic rings. The maximum absolute atomic E-state index is 7.26. The lowest BCUT2D eigenvalue weighted by Gasteiger charge is -2.49. The zero-order valence-electron chi connectivity index (χ0n) is 28.7. The van der Waals surface area contributed by atoms with Gasteiger partial charge in [-0.3, -0.25) is 0 Å². The topological polar surface area (TPSA) is 46.2 Å². The SMILES string of the molecule is CC(C)(C)[Si](C)(C)O[C@H]1C[C@H](COCc2ccccc2)[C@@H](OCc2ccccc2)[C@H](OCc2ccccc2)[C@@H]1OCc1ccccc1. The van der Waals surface area contributed by atoms with Crippen molar-refractivity contribution < 1.29 is 23.4 Å². The maximum Gasteiger partial charge on any atom is 0.192 e. The number of benzene rings is 4. The third kappa shape index (κ3) is 10.2. The van der Waals surface area contributed by atoms with Gasteiger partial charge in [0.05, 0.1) is 45.2 Å². The summed E-state index contributed by atoms with van der Waals surface area (Å²) >= 11 is 0. The van der Waals surface area contributed by atoms with Crippen molar-refractivity contribution in [3.63, 3.8) is 0 Å². The fourth-order valence-electron chi connectivity index (χ4n) is 5.89. The highest BCUT2D eigenvalue weighted by atomic mass is 28.4. The van der Waals surface area contributed by atoms with Gasteiger partial charge in [-0.2, -0.15) is 0 Å². The molecule has 0 unspecified atom stereocenters. The predicted molar refractivity (Wildman–Crippen MR) is 191 cm³/mol. The van der Waals surface area contributed by atoms with Gasteiger partial charge in [0.1, 0.15) is 12.2 Å². The van der Waals surface area contributed by atoms with Crippen molar-refractivity contribution in [1.29, 1.82) is 0 Å². The molecule has 4 aromatic carbocycles. The summed E-state index contributed by atoms with van der Waals surface area (Å²) in [7, 11) is -2.18. The Balaban J connectivity index is 1.48. The molecule has 1 fully saturated rings. The van der Waals surface area contributed by atoms with Crippen LogP contribution in [-0.2, 0) is 49.8 Å². The van der Waals surface area contributed by atoms with Gasteiger partial charge in [-0.15, -0.1) is 0 Å². The highest BCUT2D eigenvalue weighted by Crippen LogP contribution is 2.42. The summed E-state index contributed by atoms with van der Waals surface area (Å²) in [4.78, 5) is 0. The van der Waals surface area contributed by atoms with E-state index < -0.39 is 8.32 Å². The first kappa shape index (κ1) is 35.2. The standard InChI is InChI=1S/C41H52O5Si/c1-41(2,3)47(4,5)46-37-26-36(31-42-27-32-18-10-6-11-19-32)38(43-28-33-20-12-7-13-21-33)40(45-30-35-24-16-9-17-25-35)39(37)44-29-34-22-14-8-15-23-34/h6-25,36-40H,26-31H2,1-5H3/t36-,37+,38-,39-,40+/m1/s1. The second kappa shape index (κ2) is 16.8. The van der Waals surface area contributed by atoms with Gasteiger partial charge in [0.2, 0.25) is 0 Å². The van der Waals surface area contributed by atoms with Crippen LogP contribution in [0.5, 0.6) is 0 Å². The second-order valence-corrected chi connectivity index (χ2v) is 19.0. The quantitative estimate of drug-likeness (QED) is 0.120. The van der Waals surface area contributed by atoms with E-state index in [1.165, 1.54) is 0 Å². The lowest BCUT2D eigenvalue weighted by Crippen LogP contribution is -2.60. The van der Waals surface area contributed by atoms with Crippen molar-refractivity contribution in [3.05, 3.63) is 144 Å². The van der Waals surface area contributed by atoms with Crippen LogP contribution >= 0.6 is 0 Å². The Bertz CT molecular complexity index is 1440. The minimum Gasteiger partial charge on any atom is -0.411 e. The Hall–Kier alpha value is -3.10. The van der Waals surface area contributed by atoms with Crippen LogP contribution < -0.4 is 0 Å². The van der Waals surface area contributed by atoms with Gasteiger partial charge in [0.25, 0.3) is 0 Å². The van der Waals surface area contributed by atoms with Crippen molar-refractivity contribution in [1.82, 2.24) is 0 Å². The van der Waals surface area contributed by atoms with E-state index in [0.29, 0.717) is 33.0 Å². The molecule has 47 heavy (non-hydrogen) atoms. The molecule has 0 spiro atoms. The fourth-order valence-corrected chi connectivity index (χ4v) is 7.23. The summed E-state index contributed by atoms with van der Waals surface area (Å²) in [5.41, 5.74) is 4.51. The average Bonchev–Trinajstić information content (AvgIpc) is 3.07. The number of hydrogen-bond donors (Lipinski definition) is 0. The van der Waals surface area contributed by atoms with Crippen LogP contribution in [0.2, 0.25) is 18.1 Å². The molecule has 0 amide bonds. The van der Waals surface area contributed by atoms with Crippen molar-refractivity contribution in [3.8, 4) is 0 Å². The molecule has 0 N–H and O–H groups in total. The molecule has 0 aliphatic heterocycles. The molecule has 4 aromatic rings. The Morgan fingerprint density at radius 3 is 1.34 bits per heavy atom. The van der Waals surface area contributed by atoms with E-state index in [0.717, 1.165) is 28.7 Å². The largest absolute Gasteiger partial charge is 0.411 e. The van der Waals surface area contributed by atoms with E-state index in [1.54, 1.807) is 0 Å². The van der Waals surface area contributed by atoms with E-state index in [9.17, 15) is 0 Å². The minimum absolute atomic E-state index is 0.0366. The molecule has 5 atom stereocenters. The Kier molecular flexibility index (Phi) is 12.6. The fraction of sp³-hybridized carbons (Fsp3) is 0.415. The van der Waals surface area contributed by atoms with Crippen LogP contribution in [0.25, 0.3) is 0 Å². The first-order chi connectivity index (χ1) is 22.7. The van der Waals surface area contributed by atoms with Gasteiger partial charge in [-0.05, 0) is 46.8 Å². The Morgan fingerprint density at radius 1 is 0.532 bits per heavy atom. The highest BCUT2D eigenvalue weighted by Gasteiger charge is 2.51. The molecule has 5 rings (SSSR count). The smallest absolute Gasteiger partial charge is 0.192 e. The zero-order valence-corrected chi connectivity index (χ0v) is 29.7. The Labute approximate surface area is 283 Å². The summed E-state index contributed by atoms with van der Waals surface area (Å²) in [5.74, 6) is 0.0366. The van der Waals surface area contributed by atoms with E-state index in [1.807, 2.05) is 24.3 Å². The molecule has 0 heterocycles. The molecule has 5 nitrogen and oxygen atoms in total. The molecule has 1 aliphatic carbocycles. The molecule has 6 heteroatoms. The molecule has 1 saturated carbocycles. The molecule has 0 radical (unpaired) electrons.